The molecule has 3 N–H and O–H groups in total. The number of furan rings is 1. The number of nitrogens with one attached hydrogen (secondary N) is 1. The first-order valence-electron chi connectivity index (χ1n) is 5.05. The molecule has 0 atom stereocenters. The Morgan fingerprint density at radius 1 is 1.33 bits per heavy atom. The number of hydrogen-bond acceptors (Lipinski definition) is 4. The number of nitrogen functional groups attached to an aromatic ring is 1. The lowest BCUT2D eigenvalue weighted by Gasteiger charge is -2.07. The molecule has 0 aliphatic heterocycles. The second-order valence-corrected chi connectivity index (χ2v) is 6.26. The van der Waals surface area contributed by atoms with E-state index in [4.69, 9.17) is 10.2 Å². The molecule has 0 spiro atoms. The normalized spacial score (nSPS) is 11.6. The molecule has 0 aliphatic rings. The Morgan fingerprint density at radius 3 is 2.72 bits per heavy atom. The lowest BCUT2D eigenvalue weighted by molar-refractivity contribution is 0.561. The maximum absolute atomic E-state index is 12.0. The number of nitrogens with two attached hydrogens (primary N) is 1. The summed E-state index contributed by atoms with van der Waals surface area (Å²) in [6, 6.07) is 6.16. The van der Waals surface area contributed by atoms with Crippen LogP contribution in [0.15, 0.2) is 50.6 Å². The van der Waals surface area contributed by atoms with Gasteiger partial charge in [-0.3, -0.25) is 0 Å². The van der Waals surface area contributed by atoms with Crippen molar-refractivity contribution in [3.05, 3.63) is 46.8 Å². The van der Waals surface area contributed by atoms with Crippen LogP contribution in [0, 0.1) is 0 Å². The summed E-state index contributed by atoms with van der Waals surface area (Å²) in [5.41, 5.74) is 6.86. The van der Waals surface area contributed by atoms with Crippen molar-refractivity contribution in [3.8, 4) is 0 Å². The van der Waals surface area contributed by atoms with E-state index in [0.717, 1.165) is 5.56 Å². The maximum Gasteiger partial charge on any atom is 0.240 e. The molecule has 0 saturated heterocycles. The summed E-state index contributed by atoms with van der Waals surface area (Å²) in [4.78, 5) is 0.159. The highest BCUT2D eigenvalue weighted by atomic mass is 79.9. The first kappa shape index (κ1) is 13.1. The van der Waals surface area contributed by atoms with E-state index in [0.29, 0.717) is 10.2 Å². The lowest BCUT2D eigenvalue weighted by Crippen LogP contribution is -2.23. The first-order valence-corrected chi connectivity index (χ1v) is 7.32. The Labute approximate surface area is 113 Å². The number of hydrogen-bond donors (Lipinski definition) is 2. The Kier molecular flexibility index (Phi) is 3.74. The third-order valence-corrected chi connectivity index (χ3v) is 4.41. The van der Waals surface area contributed by atoms with Gasteiger partial charge in [-0.25, -0.2) is 13.1 Å². The Morgan fingerprint density at radius 2 is 2.11 bits per heavy atom. The van der Waals surface area contributed by atoms with Crippen LogP contribution in [-0.2, 0) is 16.6 Å². The molecule has 96 valence electrons. The molecular formula is C11H11BrN2O3S. The lowest BCUT2D eigenvalue weighted by atomic mass is 10.3. The van der Waals surface area contributed by atoms with Gasteiger partial charge in [0.25, 0.3) is 0 Å². The fourth-order valence-corrected chi connectivity index (χ4v) is 2.90. The van der Waals surface area contributed by atoms with Gasteiger partial charge >= 0.3 is 0 Å². The van der Waals surface area contributed by atoms with Gasteiger partial charge in [0.1, 0.15) is 0 Å². The summed E-state index contributed by atoms with van der Waals surface area (Å²) in [7, 11) is -3.55. The number of anilines is 1. The Bertz CT molecular complexity index is 638. The highest BCUT2D eigenvalue weighted by molar-refractivity contribution is 9.10. The number of rotatable bonds is 4. The van der Waals surface area contributed by atoms with Crippen LogP contribution in [0.2, 0.25) is 0 Å². The van der Waals surface area contributed by atoms with Crippen LogP contribution < -0.4 is 10.5 Å². The maximum atomic E-state index is 12.0. The zero-order valence-corrected chi connectivity index (χ0v) is 11.7. The Balaban J connectivity index is 2.17. The van der Waals surface area contributed by atoms with Crippen LogP contribution in [0.4, 0.5) is 5.69 Å². The van der Waals surface area contributed by atoms with Crippen molar-refractivity contribution in [1.82, 2.24) is 4.72 Å². The fraction of sp³-hybridized carbons (Fsp3) is 0.0909. The molecule has 1 heterocycles. The third kappa shape index (κ3) is 2.92. The van der Waals surface area contributed by atoms with Crippen LogP contribution in [0.5, 0.6) is 0 Å². The number of benzene rings is 1. The van der Waals surface area contributed by atoms with E-state index in [-0.39, 0.29) is 11.4 Å². The number of halogens is 1. The molecular weight excluding hydrogens is 320 g/mol. The summed E-state index contributed by atoms with van der Waals surface area (Å²) >= 11 is 3.20. The van der Waals surface area contributed by atoms with Crippen LogP contribution in [0.3, 0.4) is 0 Å². The van der Waals surface area contributed by atoms with Crippen molar-refractivity contribution >= 4 is 31.6 Å². The predicted octanol–water partition coefficient (Wildman–Crippen LogP) is 2.10. The molecule has 7 heteroatoms. The smallest absolute Gasteiger partial charge is 0.240 e. The van der Waals surface area contributed by atoms with Crippen LogP contribution >= 0.6 is 15.9 Å². The molecule has 2 rings (SSSR count). The van der Waals surface area contributed by atoms with Gasteiger partial charge in [0.05, 0.1) is 17.4 Å². The fourth-order valence-electron chi connectivity index (χ4n) is 1.33. The average molecular weight is 331 g/mol. The summed E-state index contributed by atoms with van der Waals surface area (Å²) in [5, 5.41) is 0. The van der Waals surface area contributed by atoms with E-state index in [1.165, 1.54) is 30.7 Å². The van der Waals surface area contributed by atoms with Crippen molar-refractivity contribution in [3.63, 3.8) is 0 Å². The molecule has 2 aromatic rings. The summed E-state index contributed by atoms with van der Waals surface area (Å²) in [6.07, 6.45) is 2.98. The van der Waals surface area contributed by atoms with E-state index in [9.17, 15) is 8.42 Å². The zero-order valence-electron chi connectivity index (χ0n) is 9.26. The van der Waals surface area contributed by atoms with Crippen molar-refractivity contribution < 1.29 is 12.8 Å². The summed E-state index contributed by atoms with van der Waals surface area (Å²) < 4.78 is 31.9. The summed E-state index contributed by atoms with van der Waals surface area (Å²) in [6.45, 7) is 0.181. The molecule has 18 heavy (non-hydrogen) atoms. The zero-order chi connectivity index (χ0) is 13.2. The Hall–Kier alpha value is -1.31. The van der Waals surface area contributed by atoms with Crippen LogP contribution in [0.1, 0.15) is 5.56 Å². The second-order valence-electron chi connectivity index (χ2n) is 3.64. The van der Waals surface area contributed by atoms with Gasteiger partial charge in [-0.1, -0.05) is 0 Å². The minimum atomic E-state index is -3.55. The van der Waals surface area contributed by atoms with Crippen molar-refractivity contribution in [2.45, 2.75) is 11.4 Å². The topological polar surface area (TPSA) is 85.3 Å². The van der Waals surface area contributed by atoms with Crippen molar-refractivity contribution in [2.75, 3.05) is 5.73 Å². The van der Waals surface area contributed by atoms with Gasteiger partial charge in [0, 0.05) is 22.3 Å². The molecule has 0 bridgehead atoms. The molecule has 0 radical (unpaired) electrons. The van der Waals surface area contributed by atoms with Gasteiger partial charge in [-0.05, 0) is 40.2 Å². The highest BCUT2D eigenvalue weighted by Gasteiger charge is 2.14. The standard InChI is InChI=1S/C11H11BrN2O3S/c12-10-5-9(1-2-11(10)13)18(15,16)14-6-8-3-4-17-7-8/h1-5,7,14H,6,13H2. The molecule has 0 aliphatic carbocycles. The van der Waals surface area contributed by atoms with E-state index < -0.39 is 10.0 Å². The second kappa shape index (κ2) is 5.13. The molecule has 5 nitrogen and oxygen atoms in total. The third-order valence-electron chi connectivity index (χ3n) is 2.33. The molecule has 1 aromatic heterocycles. The molecule has 0 fully saturated rings. The van der Waals surface area contributed by atoms with Crippen molar-refractivity contribution in [1.29, 1.82) is 0 Å². The summed E-state index contributed by atoms with van der Waals surface area (Å²) in [5.74, 6) is 0. The average Bonchev–Trinajstić information content (AvgIpc) is 2.83. The van der Waals surface area contributed by atoms with E-state index in [1.54, 1.807) is 6.07 Å². The number of sulfonamides is 1. The van der Waals surface area contributed by atoms with Gasteiger partial charge in [0.15, 0.2) is 0 Å². The molecule has 0 amide bonds. The van der Waals surface area contributed by atoms with Gasteiger partial charge in [0.2, 0.25) is 10.0 Å². The molecule has 0 unspecified atom stereocenters. The van der Waals surface area contributed by atoms with Gasteiger partial charge < -0.3 is 10.2 Å². The van der Waals surface area contributed by atoms with E-state index in [1.807, 2.05) is 0 Å². The van der Waals surface area contributed by atoms with Crippen molar-refractivity contribution in [2.24, 2.45) is 0 Å². The molecule has 0 saturated carbocycles. The monoisotopic (exact) mass is 330 g/mol. The minimum Gasteiger partial charge on any atom is -0.472 e. The predicted molar refractivity (Wildman–Crippen MR) is 71.3 cm³/mol. The van der Waals surface area contributed by atoms with E-state index >= 15 is 0 Å². The SMILES string of the molecule is Nc1ccc(S(=O)(=O)NCc2ccoc2)cc1Br. The highest BCUT2D eigenvalue weighted by Crippen LogP contribution is 2.23. The van der Waals surface area contributed by atoms with Crippen LogP contribution in [-0.4, -0.2) is 8.42 Å². The first-order chi connectivity index (χ1) is 8.49. The molecule has 1 aromatic carbocycles. The van der Waals surface area contributed by atoms with E-state index in [2.05, 4.69) is 20.7 Å². The quantitative estimate of drug-likeness (QED) is 0.840. The van der Waals surface area contributed by atoms with Gasteiger partial charge in [-0.15, -0.1) is 0 Å². The largest absolute Gasteiger partial charge is 0.472 e. The van der Waals surface area contributed by atoms with Crippen LogP contribution in [0.25, 0.3) is 0 Å². The van der Waals surface area contributed by atoms with Gasteiger partial charge in [-0.2, -0.15) is 0 Å². The minimum absolute atomic E-state index is 0.159.